The molecule has 106 valence electrons. The molecule has 2 amide bonds. The Balaban J connectivity index is 2.05. The van der Waals surface area contributed by atoms with E-state index in [4.69, 9.17) is 0 Å². The van der Waals surface area contributed by atoms with Crippen molar-refractivity contribution < 1.29 is 4.79 Å². The third-order valence-electron chi connectivity index (χ3n) is 3.19. The number of carbonyl (C=O) groups excluding carboxylic acids is 1. The van der Waals surface area contributed by atoms with Crippen LogP contribution in [0.1, 0.15) is 59.3 Å². The Morgan fingerprint density at radius 1 is 1.06 bits per heavy atom. The lowest BCUT2D eigenvalue weighted by molar-refractivity contribution is 0.232. The smallest absolute Gasteiger partial charge is 0.315 e. The number of rotatable bonds is 4. The Kier molecular flexibility index (Phi) is 6.47. The van der Waals surface area contributed by atoms with E-state index in [1.165, 1.54) is 38.5 Å². The van der Waals surface area contributed by atoms with Crippen LogP contribution in [-0.4, -0.2) is 30.7 Å². The van der Waals surface area contributed by atoms with Gasteiger partial charge in [0.25, 0.3) is 0 Å². The van der Waals surface area contributed by atoms with E-state index in [-0.39, 0.29) is 11.6 Å². The zero-order valence-corrected chi connectivity index (χ0v) is 12.1. The molecule has 1 aliphatic carbocycles. The number of carbonyl (C=O) groups is 1. The summed E-state index contributed by atoms with van der Waals surface area (Å²) >= 11 is 0. The fourth-order valence-corrected chi connectivity index (χ4v) is 2.32. The molecule has 3 N–H and O–H groups in total. The second-order valence-electron chi connectivity index (χ2n) is 6.27. The molecule has 18 heavy (non-hydrogen) atoms. The molecule has 0 saturated heterocycles. The largest absolute Gasteiger partial charge is 0.337 e. The zero-order chi connectivity index (χ0) is 13.4. The lowest BCUT2D eigenvalue weighted by Crippen LogP contribution is -2.48. The van der Waals surface area contributed by atoms with E-state index in [2.05, 4.69) is 16.0 Å². The van der Waals surface area contributed by atoms with E-state index in [1.807, 2.05) is 20.8 Å². The minimum atomic E-state index is -0.168. The average Bonchev–Trinajstić information content (AvgIpc) is 2.50. The van der Waals surface area contributed by atoms with Crippen LogP contribution in [0.3, 0.4) is 0 Å². The van der Waals surface area contributed by atoms with Crippen LogP contribution < -0.4 is 16.0 Å². The van der Waals surface area contributed by atoms with Gasteiger partial charge in [-0.25, -0.2) is 4.79 Å². The Labute approximate surface area is 111 Å². The molecule has 1 fully saturated rings. The summed E-state index contributed by atoms with van der Waals surface area (Å²) in [7, 11) is 0. The molecule has 0 heterocycles. The third kappa shape index (κ3) is 7.54. The van der Waals surface area contributed by atoms with Crippen molar-refractivity contribution in [3.63, 3.8) is 0 Å². The molecule has 0 aromatic heterocycles. The highest BCUT2D eigenvalue weighted by atomic mass is 16.2. The van der Waals surface area contributed by atoms with Crippen LogP contribution >= 0.6 is 0 Å². The van der Waals surface area contributed by atoms with Gasteiger partial charge in [-0.05, 0) is 33.6 Å². The van der Waals surface area contributed by atoms with Gasteiger partial charge in [-0.15, -0.1) is 0 Å². The highest BCUT2D eigenvalue weighted by molar-refractivity contribution is 5.74. The van der Waals surface area contributed by atoms with Crippen molar-refractivity contribution in [3.8, 4) is 0 Å². The van der Waals surface area contributed by atoms with E-state index in [9.17, 15) is 4.79 Å². The summed E-state index contributed by atoms with van der Waals surface area (Å²) < 4.78 is 0. The van der Waals surface area contributed by atoms with Crippen molar-refractivity contribution in [2.24, 2.45) is 0 Å². The predicted molar refractivity (Wildman–Crippen MR) is 75.8 cm³/mol. The minimum Gasteiger partial charge on any atom is -0.337 e. The number of amides is 2. The summed E-state index contributed by atoms with van der Waals surface area (Å²) in [6.45, 7) is 7.50. The molecule has 0 unspecified atom stereocenters. The Bertz CT molecular complexity index is 240. The van der Waals surface area contributed by atoms with Crippen LogP contribution in [0.25, 0.3) is 0 Å². The topological polar surface area (TPSA) is 53.2 Å². The lowest BCUT2D eigenvalue weighted by Gasteiger charge is -2.21. The van der Waals surface area contributed by atoms with Crippen molar-refractivity contribution in [2.75, 3.05) is 13.1 Å². The van der Waals surface area contributed by atoms with Crippen LogP contribution in [0.4, 0.5) is 4.79 Å². The fourth-order valence-electron chi connectivity index (χ4n) is 2.32. The molecule has 1 aliphatic rings. The van der Waals surface area contributed by atoms with E-state index >= 15 is 0 Å². The van der Waals surface area contributed by atoms with Gasteiger partial charge in [-0.1, -0.05) is 25.7 Å². The standard InChI is InChI=1S/C14H29N3O/c1-14(2,3)17-13(18)16-11-10-15-12-8-6-4-5-7-9-12/h12,15H,4-11H2,1-3H3,(H2,16,17,18). The number of nitrogens with one attached hydrogen (secondary N) is 3. The van der Waals surface area contributed by atoms with Gasteiger partial charge in [-0.3, -0.25) is 0 Å². The van der Waals surface area contributed by atoms with Gasteiger partial charge in [0.1, 0.15) is 0 Å². The maximum Gasteiger partial charge on any atom is 0.315 e. The van der Waals surface area contributed by atoms with Gasteiger partial charge in [0.15, 0.2) is 0 Å². The van der Waals surface area contributed by atoms with Crippen LogP contribution in [0.15, 0.2) is 0 Å². The summed E-state index contributed by atoms with van der Waals surface area (Å²) in [5, 5.41) is 9.31. The monoisotopic (exact) mass is 255 g/mol. The van der Waals surface area contributed by atoms with Crippen LogP contribution in [0.2, 0.25) is 0 Å². The highest BCUT2D eigenvalue weighted by Gasteiger charge is 2.13. The van der Waals surface area contributed by atoms with E-state index in [1.54, 1.807) is 0 Å². The van der Waals surface area contributed by atoms with Crippen molar-refractivity contribution in [3.05, 3.63) is 0 Å². The van der Waals surface area contributed by atoms with Crippen molar-refractivity contribution in [1.82, 2.24) is 16.0 Å². The first-order valence-electron chi connectivity index (χ1n) is 7.27. The summed E-state index contributed by atoms with van der Waals surface area (Å²) in [6.07, 6.45) is 8.02. The summed E-state index contributed by atoms with van der Waals surface area (Å²) in [6, 6.07) is 0.574. The minimum absolute atomic E-state index is 0.0785. The van der Waals surface area contributed by atoms with E-state index in [0.29, 0.717) is 12.6 Å². The van der Waals surface area contributed by atoms with Crippen molar-refractivity contribution in [1.29, 1.82) is 0 Å². The molecule has 4 heteroatoms. The molecule has 0 aliphatic heterocycles. The lowest BCUT2D eigenvalue weighted by atomic mass is 10.1. The second-order valence-corrected chi connectivity index (χ2v) is 6.27. The Hall–Kier alpha value is -0.770. The number of hydrogen-bond acceptors (Lipinski definition) is 2. The molecule has 0 aromatic carbocycles. The fraction of sp³-hybridized carbons (Fsp3) is 0.929. The first kappa shape index (κ1) is 15.3. The maximum atomic E-state index is 11.5. The van der Waals surface area contributed by atoms with E-state index < -0.39 is 0 Å². The summed E-state index contributed by atoms with van der Waals surface area (Å²) in [5.74, 6) is 0. The SMILES string of the molecule is CC(C)(C)NC(=O)NCCNC1CCCCCC1. The predicted octanol–water partition coefficient (Wildman–Crippen LogP) is 2.40. The van der Waals surface area contributed by atoms with Gasteiger partial charge in [-0.2, -0.15) is 0 Å². The van der Waals surface area contributed by atoms with Crippen LogP contribution in [-0.2, 0) is 0 Å². The molecule has 0 bridgehead atoms. The zero-order valence-electron chi connectivity index (χ0n) is 12.1. The number of urea groups is 1. The normalized spacial score (nSPS) is 18.2. The Morgan fingerprint density at radius 2 is 1.67 bits per heavy atom. The van der Waals surface area contributed by atoms with Gasteiger partial charge in [0, 0.05) is 24.7 Å². The second kappa shape index (κ2) is 7.62. The molecule has 0 radical (unpaired) electrons. The van der Waals surface area contributed by atoms with Gasteiger partial charge < -0.3 is 16.0 Å². The molecule has 1 rings (SSSR count). The molecular weight excluding hydrogens is 226 g/mol. The van der Waals surface area contributed by atoms with Crippen molar-refractivity contribution in [2.45, 2.75) is 70.9 Å². The molecule has 1 saturated carbocycles. The van der Waals surface area contributed by atoms with E-state index in [0.717, 1.165) is 6.54 Å². The molecule has 0 spiro atoms. The molecule has 0 aromatic rings. The summed E-state index contributed by atoms with van der Waals surface area (Å²) in [4.78, 5) is 11.5. The van der Waals surface area contributed by atoms with Gasteiger partial charge >= 0.3 is 6.03 Å². The molecular formula is C14H29N3O. The average molecular weight is 255 g/mol. The van der Waals surface area contributed by atoms with Gasteiger partial charge in [0.2, 0.25) is 0 Å². The first-order valence-corrected chi connectivity index (χ1v) is 7.27. The third-order valence-corrected chi connectivity index (χ3v) is 3.19. The quantitative estimate of drug-likeness (QED) is 0.534. The van der Waals surface area contributed by atoms with Gasteiger partial charge in [0.05, 0.1) is 0 Å². The van der Waals surface area contributed by atoms with Crippen LogP contribution in [0.5, 0.6) is 0 Å². The molecule has 4 nitrogen and oxygen atoms in total. The maximum absolute atomic E-state index is 11.5. The number of hydrogen-bond donors (Lipinski definition) is 3. The first-order chi connectivity index (χ1) is 8.47. The summed E-state index contributed by atoms with van der Waals surface area (Å²) in [5.41, 5.74) is -0.168. The van der Waals surface area contributed by atoms with Crippen LogP contribution in [0, 0.1) is 0 Å². The molecule has 0 atom stereocenters. The Morgan fingerprint density at radius 3 is 2.22 bits per heavy atom. The highest BCUT2D eigenvalue weighted by Crippen LogP contribution is 2.16. The van der Waals surface area contributed by atoms with Crippen molar-refractivity contribution >= 4 is 6.03 Å².